The zero-order valence-corrected chi connectivity index (χ0v) is 20.8. The summed E-state index contributed by atoms with van der Waals surface area (Å²) >= 11 is 0. The lowest BCUT2D eigenvalue weighted by Crippen LogP contribution is -2.74. The Bertz CT molecular complexity index is 1200. The molecular formula is C31H31NSi. The van der Waals surface area contributed by atoms with Crippen LogP contribution in [0.5, 0.6) is 0 Å². The molecule has 164 valence electrons. The van der Waals surface area contributed by atoms with Gasteiger partial charge in [-0.15, -0.1) is 0 Å². The fourth-order valence-corrected chi connectivity index (χ4v) is 11.4. The van der Waals surface area contributed by atoms with Crippen LogP contribution in [0.25, 0.3) is 0 Å². The molecule has 2 unspecified atom stereocenters. The topological polar surface area (TPSA) is 3.24 Å². The van der Waals surface area contributed by atoms with Gasteiger partial charge in [0.15, 0.2) is 8.07 Å². The number of anilines is 1. The van der Waals surface area contributed by atoms with Gasteiger partial charge in [-0.05, 0) is 52.1 Å². The molecule has 0 bridgehead atoms. The smallest absolute Gasteiger partial charge is 0.179 e. The average molecular weight is 446 g/mol. The van der Waals surface area contributed by atoms with Gasteiger partial charge in [-0.1, -0.05) is 110 Å². The Morgan fingerprint density at radius 1 is 0.606 bits per heavy atom. The molecule has 0 radical (unpaired) electrons. The Hall–Kier alpha value is -3.10. The number of nitrogens with zero attached hydrogens (tertiary/aromatic N) is 1. The lowest BCUT2D eigenvalue weighted by atomic mass is 9.55. The lowest BCUT2D eigenvalue weighted by molar-refractivity contribution is 0.128. The Kier molecular flexibility index (Phi) is 4.47. The predicted molar refractivity (Wildman–Crippen MR) is 143 cm³/mol. The van der Waals surface area contributed by atoms with E-state index >= 15 is 0 Å². The third kappa shape index (κ3) is 2.59. The number of likely N-dealkylation sites (N-methyl/N-ethyl adjacent to an activating group) is 1. The van der Waals surface area contributed by atoms with Crippen molar-refractivity contribution in [1.82, 2.24) is 0 Å². The third-order valence-corrected chi connectivity index (χ3v) is 13.8. The van der Waals surface area contributed by atoms with Crippen molar-refractivity contribution in [2.75, 3.05) is 11.9 Å². The van der Waals surface area contributed by atoms with Crippen LogP contribution in [0.4, 0.5) is 5.69 Å². The summed E-state index contributed by atoms with van der Waals surface area (Å²) in [6.45, 7) is 4.94. The van der Waals surface area contributed by atoms with Crippen LogP contribution in [0.2, 0.25) is 0 Å². The van der Waals surface area contributed by atoms with Gasteiger partial charge in [0, 0.05) is 23.7 Å². The molecule has 0 amide bonds. The highest BCUT2D eigenvalue weighted by molar-refractivity contribution is 7.19. The summed E-state index contributed by atoms with van der Waals surface area (Å²) in [5, 5.41) is 5.80. The molecule has 0 saturated heterocycles. The summed E-state index contributed by atoms with van der Waals surface area (Å²) in [7, 11) is -0.177. The van der Waals surface area contributed by atoms with E-state index in [-0.39, 0.29) is 11.0 Å². The normalized spacial score (nSPS) is 23.5. The van der Waals surface area contributed by atoms with E-state index in [1.54, 1.807) is 0 Å². The number of hydrogen-bond acceptors (Lipinski definition) is 1. The standard InChI is InChI=1S/C31H31NSi/c1-30-21-22-31(30,2)32(3)29-20-19-27(23-28(29)30)33(24-13-7-4-8-14-24,25-15-9-5-10-16-25)26-17-11-6-12-18-26/h4-20,23H,21-22H2,1-3H3. The number of hydrogen-bond donors (Lipinski definition) is 0. The molecule has 4 aromatic rings. The highest BCUT2D eigenvalue weighted by atomic mass is 28.3. The monoisotopic (exact) mass is 445 g/mol. The van der Waals surface area contributed by atoms with Crippen molar-refractivity contribution in [2.45, 2.75) is 37.6 Å². The Labute approximate surface area is 198 Å². The summed E-state index contributed by atoms with van der Waals surface area (Å²) in [6.07, 6.45) is 2.53. The molecule has 2 aliphatic rings. The summed E-state index contributed by atoms with van der Waals surface area (Å²) < 4.78 is 0. The summed E-state index contributed by atoms with van der Waals surface area (Å²) in [6, 6.07) is 41.2. The lowest BCUT2D eigenvalue weighted by Gasteiger charge is -2.55. The summed E-state index contributed by atoms with van der Waals surface area (Å²) in [5.41, 5.74) is 3.40. The highest BCUT2D eigenvalue weighted by Crippen LogP contribution is 2.62. The summed E-state index contributed by atoms with van der Waals surface area (Å²) in [5.74, 6) is 0. The van der Waals surface area contributed by atoms with Crippen molar-refractivity contribution in [1.29, 1.82) is 0 Å². The maximum Gasteiger partial charge on any atom is 0.179 e. The molecule has 1 fully saturated rings. The SMILES string of the molecule is CN1c2ccc([Si](c3ccccc3)(c3ccccc3)c3ccccc3)cc2C2(C)CCC12C. The molecule has 2 atom stereocenters. The van der Waals surface area contributed by atoms with Gasteiger partial charge >= 0.3 is 0 Å². The zero-order chi connectivity index (χ0) is 22.7. The average Bonchev–Trinajstić information content (AvgIpc) is 2.98. The zero-order valence-electron chi connectivity index (χ0n) is 19.8. The van der Waals surface area contributed by atoms with E-state index in [4.69, 9.17) is 0 Å². The molecule has 6 rings (SSSR count). The van der Waals surface area contributed by atoms with Crippen molar-refractivity contribution in [3.63, 3.8) is 0 Å². The second-order valence-electron chi connectivity index (χ2n) is 10.2. The molecule has 4 aromatic carbocycles. The predicted octanol–water partition coefficient (Wildman–Crippen LogP) is 4.32. The molecule has 0 spiro atoms. The molecular weight excluding hydrogens is 414 g/mol. The van der Waals surface area contributed by atoms with Gasteiger partial charge in [0.2, 0.25) is 0 Å². The first-order valence-electron chi connectivity index (χ1n) is 12.1. The summed E-state index contributed by atoms with van der Waals surface area (Å²) in [4.78, 5) is 2.55. The van der Waals surface area contributed by atoms with Crippen LogP contribution in [-0.2, 0) is 5.41 Å². The maximum atomic E-state index is 2.59. The Morgan fingerprint density at radius 3 is 1.52 bits per heavy atom. The van der Waals surface area contributed by atoms with Gasteiger partial charge in [-0.3, -0.25) is 0 Å². The molecule has 33 heavy (non-hydrogen) atoms. The minimum atomic E-state index is -2.47. The van der Waals surface area contributed by atoms with Gasteiger partial charge in [-0.25, -0.2) is 0 Å². The van der Waals surface area contributed by atoms with Crippen LogP contribution in [0.1, 0.15) is 32.3 Å². The molecule has 1 saturated carbocycles. The van der Waals surface area contributed by atoms with Gasteiger partial charge in [0.25, 0.3) is 0 Å². The van der Waals surface area contributed by atoms with Crippen molar-refractivity contribution >= 4 is 34.5 Å². The number of fused-ring (bicyclic) bond motifs is 3. The van der Waals surface area contributed by atoms with E-state index in [1.165, 1.54) is 44.8 Å². The number of rotatable bonds is 4. The largest absolute Gasteiger partial charge is 0.368 e. The van der Waals surface area contributed by atoms with Crippen LogP contribution >= 0.6 is 0 Å². The van der Waals surface area contributed by atoms with Crippen molar-refractivity contribution < 1.29 is 0 Å². The third-order valence-electron chi connectivity index (χ3n) is 9.05. The van der Waals surface area contributed by atoms with E-state index in [0.717, 1.165) is 0 Å². The van der Waals surface area contributed by atoms with E-state index in [9.17, 15) is 0 Å². The molecule has 2 heteroatoms. The van der Waals surface area contributed by atoms with Crippen LogP contribution in [0, 0.1) is 0 Å². The Balaban J connectivity index is 1.69. The molecule has 0 N–H and O–H groups in total. The minimum Gasteiger partial charge on any atom is -0.368 e. The van der Waals surface area contributed by atoms with Crippen LogP contribution in [-0.4, -0.2) is 20.7 Å². The van der Waals surface area contributed by atoms with Gasteiger partial charge in [0.1, 0.15) is 0 Å². The second kappa shape index (κ2) is 7.20. The fraction of sp³-hybridized carbons (Fsp3) is 0.226. The van der Waals surface area contributed by atoms with E-state index < -0.39 is 8.07 Å². The molecule has 1 aliphatic heterocycles. The first-order chi connectivity index (χ1) is 16.0. The maximum absolute atomic E-state index is 2.59. The molecule has 1 aliphatic carbocycles. The van der Waals surface area contributed by atoms with E-state index in [0.29, 0.717) is 0 Å². The number of benzene rings is 4. The molecule has 1 heterocycles. The Morgan fingerprint density at radius 2 is 1.09 bits per heavy atom. The van der Waals surface area contributed by atoms with Gasteiger partial charge in [-0.2, -0.15) is 0 Å². The molecule has 0 aromatic heterocycles. The molecule has 1 nitrogen and oxygen atoms in total. The fourth-order valence-electron chi connectivity index (χ4n) is 6.66. The first kappa shape index (κ1) is 20.5. The van der Waals surface area contributed by atoms with E-state index in [2.05, 4.69) is 135 Å². The van der Waals surface area contributed by atoms with Gasteiger partial charge < -0.3 is 4.90 Å². The van der Waals surface area contributed by atoms with Gasteiger partial charge in [0.05, 0.1) is 0 Å². The van der Waals surface area contributed by atoms with Crippen LogP contribution in [0.3, 0.4) is 0 Å². The van der Waals surface area contributed by atoms with Crippen molar-refractivity contribution in [3.8, 4) is 0 Å². The second-order valence-corrected chi connectivity index (χ2v) is 14.1. The quantitative estimate of drug-likeness (QED) is 0.334. The van der Waals surface area contributed by atoms with Crippen molar-refractivity contribution in [3.05, 3.63) is 115 Å². The van der Waals surface area contributed by atoms with Crippen molar-refractivity contribution in [2.24, 2.45) is 0 Å². The van der Waals surface area contributed by atoms with Crippen LogP contribution < -0.4 is 25.6 Å². The first-order valence-corrected chi connectivity index (χ1v) is 14.1. The highest BCUT2D eigenvalue weighted by Gasteiger charge is 2.61. The van der Waals surface area contributed by atoms with Crippen LogP contribution in [0.15, 0.2) is 109 Å². The van der Waals surface area contributed by atoms with E-state index in [1.807, 2.05) is 0 Å². The minimum absolute atomic E-state index is 0.220.